The molecule has 6 nitrogen and oxygen atoms in total. The Labute approximate surface area is 152 Å². The van der Waals surface area contributed by atoms with E-state index in [1.54, 1.807) is 0 Å². The standard InChI is InChI=1S/C16H23ClFN3O3S/c1-11(2)19-16(22)10-21-7-5-13(6-8-21)20-25(23,24)15-4-3-12(18)9-14(15)17/h3-4,9,11,13,20H,5-8,10H2,1-2H3,(H,19,22). The second-order valence-corrected chi connectivity index (χ2v) is 8.56. The van der Waals surface area contributed by atoms with Crippen molar-refractivity contribution in [1.82, 2.24) is 14.9 Å². The second-order valence-electron chi connectivity index (χ2n) is 6.47. The molecule has 1 fully saturated rings. The van der Waals surface area contributed by atoms with Gasteiger partial charge in [0.25, 0.3) is 0 Å². The van der Waals surface area contributed by atoms with Gasteiger partial charge in [0.15, 0.2) is 0 Å². The van der Waals surface area contributed by atoms with Gasteiger partial charge in [-0.15, -0.1) is 0 Å². The lowest BCUT2D eigenvalue weighted by molar-refractivity contribution is -0.123. The molecule has 2 rings (SSSR count). The summed E-state index contributed by atoms with van der Waals surface area (Å²) in [6.45, 7) is 5.35. The fourth-order valence-corrected chi connectivity index (χ4v) is 4.59. The molecule has 1 aliphatic heterocycles. The van der Waals surface area contributed by atoms with Crippen LogP contribution in [0, 0.1) is 5.82 Å². The van der Waals surface area contributed by atoms with E-state index < -0.39 is 15.8 Å². The van der Waals surface area contributed by atoms with Crippen molar-refractivity contribution in [3.63, 3.8) is 0 Å². The predicted molar refractivity (Wildman–Crippen MR) is 94.5 cm³/mol. The summed E-state index contributed by atoms with van der Waals surface area (Å²) in [4.78, 5) is 13.6. The highest BCUT2D eigenvalue weighted by molar-refractivity contribution is 7.89. The van der Waals surface area contributed by atoms with Crippen LogP contribution in [0.2, 0.25) is 5.02 Å². The molecule has 0 atom stereocenters. The molecular weight excluding hydrogens is 369 g/mol. The van der Waals surface area contributed by atoms with E-state index in [0.717, 1.165) is 18.2 Å². The molecule has 0 aliphatic carbocycles. The number of carbonyl (C=O) groups excluding carboxylic acids is 1. The van der Waals surface area contributed by atoms with Crippen LogP contribution >= 0.6 is 11.6 Å². The van der Waals surface area contributed by atoms with Crippen LogP contribution in [0.3, 0.4) is 0 Å². The molecule has 9 heteroatoms. The monoisotopic (exact) mass is 391 g/mol. The van der Waals surface area contributed by atoms with Gasteiger partial charge in [-0.05, 0) is 44.9 Å². The molecular formula is C16H23ClFN3O3S. The quantitative estimate of drug-likeness (QED) is 0.774. The van der Waals surface area contributed by atoms with Gasteiger partial charge in [0.1, 0.15) is 10.7 Å². The summed E-state index contributed by atoms with van der Waals surface area (Å²) < 4.78 is 40.5. The molecule has 1 saturated heterocycles. The summed E-state index contributed by atoms with van der Waals surface area (Å²) in [7, 11) is -3.81. The number of piperidine rings is 1. The van der Waals surface area contributed by atoms with Crippen LogP contribution in [0.1, 0.15) is 26.7 Å². The third-order valence-electron chi connectivity index (χ3n) is 3.91. The Balaban J connectivity index is 1.90. The molecule has 0 aromatic heterocycles. The van der Waals surface area contributed by atoms with Crippen molar-refractivity contribution in [3.8, 4) is 0 Å². The van der Waals surface area contributed by atoms with E-state index in [0.29, 0.717) is 32.5 Å². The molecule has 1 aliphatic rings. The molecule has 0 unspecified atom stereocenters. The van der Waals surface area contributed by atoms with Crippen molar-refractivity contribution in [1.29, 1.82) is 0 Å². The first-order chi connectivity index (χ1) is 11.7. The van der Waals surface area contributed by atoms with Crippen LogP contribution in [0.5, 0.6) is 0 Å². The van der Waals surface area contributed by atoms with E-state index in [4.69, 9.17) is 11.6 Å². The maximum atomic E-state index is 13.1. The molecule has 1 heterocycles. The number of hydrogen-bond donors (Lipinski definition) is 2. The first-order valence-corrected chi connectivity index (χ1v) is 10.0. The molecule has 0 radical (unpaired) electrons. The number of nitrogens with zero attached hydrogens (tertiary/aromatic N) is 1. The Morgan fingerprint density at radius 1 is 1.36 bits per heavy atom. The van der Waals surface area contributed by atoms with Gasteiger partial charge >= 0.3 is 0 Å². The lowest BCUT2D eigenvalue weighted by Gasteiger charge is -2.31. The zero-order chi connectivity index (χ0) is 18.6. The van der Waals surface area contributed by atoms with Crippen LogP contribution in [-0.4, -0.2) is 50.9 Å². The highest BCUT2D eigenvalue weighted by atomic mass is 35.5. The maximum absolute atomic E-state index is 13.1. The number of carbonyl (C=O) groups is 1. The Morgan fingerprint density at radius 3 is 2.56 bits per heavy atom. The Kier molecular flexibility index (Phi) is 6.79. The Bertz CT molecular complexity index is 719. The third-order valence-corrected chi connectivity index (χ3v) is 5.91. The van der Waals surface area contributed by atoms with E-state index in [-0.39, 0.29) is 27.9 Å². The van der Waals surface area contributed by atoms with Gasteiger partial charge < -0.3 is 5.32 Å². The van der Waals surface area contributed by atoms with Gasteiger partial charge in [-0.25, -0.2) is 17.5 Å². The van der Waals surface area contributed by atoms with E-state index in [1.807, 2.05) is 18.7 Å². The van der Waals surface area contributed by atoms with Gasteiger partial charge in [0.05, 0.1) is 11.6 Å². The number of amides is 1. The molecule has 2 N–H and O–H groups in total. The molecule has 140 valence electrons. The topological polar surface area (TPSA) is 78.5 Å². The van der Waals surface area contributed by atoms with Gasteiger partial charge in [-0.1, -0.05) is 11.6 Å². The van der Waals surface area contributed by atoms with Crippen molar-refractivity contribution >= 4 is 27.5 Å². The molecule has 1 amide bonds. The van der Waals surface area contributed by atoms with Crippen molar-refractivity contribution < 1.29 is 17.6 Å². The Hall–Kier alpha value is -1.22. The SMILES string of the molecule is CC(C)NC(=O)CN1CCC(NS(=O)(=O)c2ccc(F)cc2Cl)CC1. The first kappa shape index (κ1) is 20.1. The third kappa shape index (κ3) is 5.91. The zero-order valence-corrected chi connectivity index (χ0v) is 15.8. The van der Waals surface area contributed by atoms with Crippen molar-refractivity contribution in [2.45, 2.75) is 43.7 Å². The lowest BCUT2D eigenvalue weighted by Crippen LogP contribution is -2.48. The second kappa shape index (κ2) is 8.44. The lowest BCUT2D eigenvalue weighted by atomic mass is 10.1. The van der Waals surface area contributed by atoms with Crippen LogP contribution in [0.15, 0.2) is 23.1 Å². The Morgan fingerprint density at radius 2 is 2.00 bits per heavy atom. The van der Waals surface area contributed by atoms with Crippen LogP contribution in [0.25, 0.3) is 0 Å². The number of hydrogen-bond acceptors (Lipinski definition) is 4. The van der Waals surface area contributed by atoms with Crippen molar-refractivity contribution in [2.24, 2.45) is 0 Å². The summed E-state index contributed by atoms with van der Waals surface area (Å²) in [6.07, 6.45) is 1.18. The van der Waals surface area contributed by atoms with Gasteiger partial charge in [0, 0.05) is 25.2 Å². The highest BCUT2D eigenvalue weighted by Crippen LogP contribution is 2.23. The van der Waals surface area contributed by atoms with E-state index >= 15 is 0 Å². The zero-order valence-electron chi connectivity index (χ0n) is 14.3. The number of rotatable bonds is 6. The van der Waals surface area contributed by atoms with Crippen molar-refractivity contribution in [2.75, 3.05) is 19.6 Å². The van der Waals surface area contributed by atoms with E-state index in [2.05, 4.69) is 10.0 Å². The first-order valence-electron chi connectivity index (χ1n) is 8.16. The predicted octanol–water partition coefficient (Wildman–Crippen LogP) is 1.75. The minimum atomic E-state index is -3.81. The van der Waals surface area contributed by atoms with Crippen molar-refractivity contribution in [3.05, 3.63) is 29.0 Å². The van der Waals surface area contributed by atoms with Gasteiger partial charge in [-0.3, -0.25) is 9.69 Å². The number of sulfonamides is 1. The summed E-state index contributed by atoms with van der Waals surface area (Å²) in [6, 6.07) is 3.06. The molecule has 0 bridgehead atoms. The van der Waals surface area contributed by atoms with Crippen LogP contribution < -0.4 is 10.0 Å². The number of halogens is 2. The average Bonchev–Trinajstić information content (AvgIpc) is 2.47. The van der Waals surface area contributed by atoms with Crippen LogP contribution in [-0.2, 0) is 14.8 Å². The van der Waals surface area contributed by atoms with Crippen LogP contribution in [0.4, 0.5) is 4.39 Å². The fourth-order valence-electron chi connectivity index (χ4n) is 2.76. The normalized spacial score (nSPS) is 17.0. The largest absolute Gasteiger partial charge is 0.353 e. The molecule has 1 aromatic rings. The highest BCUT2D eigenvalue weighted by Gasteiger charge is 2.26. The summed E-state index contributed by atoms with van der Waals surface area (Å²) >= 11 is 5.84. The summed E-state index contributed by atoms with van der Waals surface area (Å²) in [5.41, 5.74) is 0. The number of benzene rings is 1. The average molecular weight is 392 g/mol. The molecule has 0 spiro atoms. The number of likely N-dealkylation sites (tertiary alicyclic amines) is 1. The molecule has 1 aromatic carbocycles. The number of nitrogens with one attached hydrogen (secondary N) is 2. The molecule has 0 saturated carbocycles. The summed E-state index contributed by atoms with van der Waals surface area (Å²) in [5.74, 6) is -0.621. The van der Waals surface area contributed by atoms with Gasteiger partial charge in [0.2, 0.25) is 15.9 Å². The van der Waals surface area contributed by atoms with E-state index in [1.165, 1.54) is 0 Å². The summed E-state index contributed by atoms with van der Waals surface area (Å²) in [5, 5.41) is 2.69. The maximum Gasteiger partial charge on any atom is 0.242 e. The fraction of sp³-hybridized carbons (Fsp3) is 0.562. The minimum Gasteiger partial charge on any atom is -0.353 e. The smallest absolute Gasteiger partial charge is 0.242 e. The molecule has 25 heavy (non-hydrogen) atoms. The minimum absolute atomic E-state index is 0.0351. The van der Waals surface area contributed by atoms with Gasteiger partial charge in [-0.2, -0.15) is 0 Å². The van der Waals surface area contributed by atoms with E-state index in [9.17, 15) is 17.6 Å².